The van der Waals surface area contributed by atoms with Crippen molar-refractivity contribution in [2.75, 3.05) is 13.7 Å². The lowest BCUT2D eigenvalue weighted by atomic mass is 10.1. The monoisotopic (exact) mass is 433 g/mol. The second-order valence-electron chi connectivity index (χ2n) is 7.53. The fraction of sp³-hybridized carbons (Fsp3) is 0.217. The molecule has 0 amide bonds. The largest absolute Gasteiger partial charge is 0.497 e. The number of nitrogens with zero attached hydrogens (tertiary/aromatic N) is 4. The van der Waals surface area contributed by atoms with Crippen LogP contribution in [0.2, 0.25) is 5.15 Å². The first-order valence-corrected chi connectivity index (χ1v) is 10.4. The Morgan fingerprint density at radius 3 is 2.81 bits per heavy atom. The van der Waals surface area contributed by atoms with Gasteiger partial charge in [-0.15, -0.1) is 0 Å². The van der Waals surface area contributed by atoms with Crippen LogP contribution in [-0.4, -0.2) is 38.5 Å². The first-order chi connectivity index (χ1) is 15.1. The van der Waals surface area contributed by atoms with Crippen molar-refractivity contribution in [2.24, 2.45) is 0 Å². The van der Waals surface area contributed by atoms with Gasteiger partial charge in [0.2, 0.25) is 0 Å². The summed E-state index contributed by atoms with van der Waals surface area (Å²) < 4.78 is 5.32. The van der Waals surface area contributed by atoms with Gasteiger partial charge in [-0.3, -0.25) is 14.7 Å². The van der Waals surface area contributed by atoms with Crippen molar-refractivity contribution in [3.63, 3.8) is 0 Å². The second kappa shape index (κ2) is 8.09. The van der Waals surface area contributed by atoms with Crippen molar-refractivity contribution in [1.29, 1.82) is 0 Å². The quantitative estimate of drug-likeness (QED) is 0.495. The Balaban J connectivity index is 1.41. The number of ether oxygens (including phenoxy) is 1. The first kappa shape index (κ1) is 19.7. The van der Waals surface area contributed by atoms with Crippen LogP contribution in [0.5, 0.6) is 5.75 Å². The maximum absolute atomic E-state index is 12.8. The fourth-order valence-corrected chi connectivity index (χ4v) is 4.12. The molecule has 3 aromatic heterocycles. The van der Waals surface area contributed by atoms with Crippen molar-refractivity contribution in [3.8, 4) is 17.1 Å². The molecule has 0 aliphatic carbocycles. The minimum absolute atomic E-state index is 0.103. The molecule has 0 spiro atoms. The zero-order chi connectivity index (χ0) is 21.4. The Morgan fingerprint density at radius 2 is 2.00 bits per heavy atom. The van der Waals surface area contributed by atoms with Crippen LogP contribution in [0.3, 0.4) is 0 Å². The Hall–Kier alpha value is -3.29. The van der Waals surface area contributed by atoms with Gasteiger partial charge >= 0.3 is 0 Å². The molecule has 4 aromatic rings. The minimum Gasteiger partial charge on any atom is -0.497 e. The molecule has 156 valence electrons. The van der Waals surface area contributed by atoms with Gasteiger partial charge in [0.1, 0.15) is 16.7 Å². The summed E-state index contributed by atoms with van der Waals surface area (Å²) in [5.41, 5.74) is 4.04. The average Bonchev–Trinajstić information content (AvgIpc) is 2.80. The van der Waals surface area contributed by atoms with Crippen molar-refractivity contribution >= 4 is 22.5 Å². The van der Waals surface area contributed by atoms with Gasteiger partial charge < -0.3 is 9.72 Å². The molecule has 0 fully saturated rings. The number of aromatic amines is 1. The predicted molar refractivity (Wildman–Crippen MR) is 119 cm³/mol. The van der Waals surface area contributed by atoms with E-state index in [0.29, 0.717) is 36.1 Å². The number of fused-ring (bicyclic) bond motifs is 2. The number of methoxy groups -OCH3 is 1. The van der Waals surface area contributed by atoms with Crippen LogP contribution in [0.4, 0.5) is 0 Å². The van der Waals surface area contributed by atoms with Crippen LogP contribution in [0.15, 0.2) is 53.6 Å². The van der Waals surface area contributed by atoms with E-state index in [4.69, 9.17) is 21.3 Å². The fourth-order valence-electron chi connectivity index (χ4n) is 3.92. The number of hydrogen-bond donors (Lipinski definition) is 1. The molecule has 0 bridgehead atoms. The molecule has 1 N–H and O–H groups in total. The Kier molecular flexibility index (Phi) is 5.13. The molecule has 0 saturated heterocycles. The number of aromatic nitrogens is 4. The third-order valence-corrected chi connectivity index (χ3v) is 5.87. The molecule has 0 atom stereocenters. The van der Waals surface area contributed by atoms with Gasteiger partial charge in [0.25, 0.3) is 5.56 Å². The summed E-state index contributed by atoms with van der Waals surface area (Å²) in [6.45, 7) is 1.90. The number of benzene rings is 1. The number of nitrogens with one attached hydrogen (secondary N) is 1. The van der Waals surface area contributed by atoms with E-state index in [1.54, 1.807) is 19.5 Å². The van der Waals surface area contributed by atoms with E-state index in [1.807, 2.05) is 36.4 Å². The van der Waals surface area contributed by atoms with E-state index in [0.717, 1.165) is 40.0 Å². The van der Waals surface area contributed by atoms with E-state index < -0.39 is 0 Å². The molecular weight excluding hydrogens is 414 g/mol. The highest BCUT2D eigenvalue weighted by molar-refractivity contribution is 6.30. The van der Waals surface area contributed by atoms with Crippen LogP contribution in [0.1, 0.15) is 16.8 Å². The normalized spacial score (nSPS) is 13.9. The second-order valence-corrected chi connectivity index (χ2v) is 7.89. The molecule has 4 heterocycles. The molecule has 0 saturated carbocycles. The highest BCUT2D eigenvalue weighted by Crippen LogP contribution is 2.27. The van der Waals surface area contributed by atoms with Crippen molar-refractivity contribution in [2.45, 2.75) is 19.5 Å². The third-order valence-electron chi connectivity index (χ3n) is 5.54. The molecule has 0 unspecified atom stereocenters. The molecule has 31 heavy (non-hydrogen) atoms. The number of halogens is 1. The lowest BCUT2D eigenvalue weighted by Gasteiger charge is -2.28. The molecular formula is C23H20ClN5O2. The van der Waals surface area contributed by atoms with Crippen molar-refractivity contribution < 1.29 is 4.74 Å². The zero-order valence-corrected chi connectivity index (χ0v) is 17.7. The van der Waals surface area contributed by atoms with Gasteiger partial charge in [-0.2, -0.15) is 0 Å². The van der Waals surface area contributed by atoms with Gasteiger partial charge in [-0.1, -0.05) is 11.6 Å². The molecule has 1 aromatic carbocycles. The standard InChI is InChI=1S/C23H20ClN5O2/c1-31-17-2-3-19-15(11-17)10-16(21(24)26-19)12-29-9-6-20-18(13-29)23(30)28-22(27-20)14-4-7-25-8-5-14/h2-5,7-8,10-11H,6,9,12-13H2,1H3,(H,27,28,30). The third kappa shape index (κ3) is 3.89. The SMILES string of the molecule is COc1ccc2nc(Cl)c(CN3CCc4nc(-c5ccncc5)[nH]c(=O)c4C3)cc2c1. The molecule has 7 nitrogen and oxygen atoms in total. The van der Waals surface area contributed by atoms with E-state index >= 15 is 0 Å². The van der Waals surface area contributed by atoms with Gasteiger partial charge in [0.15, 0.2) is 0 Å². The van der Waals surface area contributed by atoms with Gasteiger partial charge in [0, 0.05) is 55.0 Å². The van der Waals surface area contributed by atoms with Crippen molar-refractivity contribution in [3.05, 3.63) is 81.1 Å². The topological polar surface area (TPSA) is 84.0 Å². The summed E-state index contributed by atoms with van der Waals surface area (Å²) in [4.78, 5) is 31.1. The Labute approximate surface area is 183 Å². The summed E-state index contributed by atoms with van der Waals surface area (Å²) in [5.74, 6) is 1.35. The van der Waals surface area contributed by atoms with Crippen LogP contribution in [0.25, 0.3) is 22.3 Å². The number of H-pyrrole nitrogens is 1. The number of pyridine rings is 2. The highest BCUT2D eigenvalue weighted by Gasteiger charge is 2.22. The Bertz CT molecular complexity index is 1320. The van der Waals surface area contributed by atoms with Crippen LogP contribution < -0.4 is 10.3 Å². The molecule has 1 aliphatic rings. The lowest BCUT2D eigenvalue weighted by Crippen LogP contribution is -2.35. The predicted octanol–water partition coefficient (Wildman–Crippen LogP) is 3.60. The Morgan fingerprint density at radius 1 is 1.16 bits per heavy atom. The van der Waals surface area contributed by atoms with Crippen LogP contribution in [0, 0.1) is 0 Å². The summed E-state index contributed by atoms with van der Waals surface area (Å²) in [6.07, 6.45) is 4.07. The zero-order valence-electron chi connectivity index (χ0n) is 16.9. The van der Waals surface area contributed by atoms with Crippen molar-refractivity contribution in [1.82, 2.24) is 24.8 Å². The summed E-state index contributed by atoms with van der Waals surface area (Å²) in [6, 6.07) is 11.4. The van der Waals surface area contributed by atoms with Crippen LogP contribution in [-0.2, 0) is 19.5 Å². The molecule has 1 aliphatic heterocycles. The summed E-state index contributed by atoms with van der Waals surface area (Å²) in [5, 5.41) is 1.45. The van der Waals surface area contributed by atoms with E-state index in [9.17, 15) is 4.79 Å². The first-order valence-electron chi connectivity index (χ1n) is 9.99. The summed E-state index contributed by atoms with van der Waals surface area (Å²) in [7, 11) is 1.64. The number of hydrogen-bond acceptors (Lipinski definition) is 6. The van der Waals surface area contributed by atoms with E-state index in [1.165, 1.54) is 0 Å². The molecule has 5 rings (SSSR count). The minimum atomic E-state index is -0.103. The molecule has 0 radical (unpaired) electrons. The maximum Gasteiger partial charge on any atom is 0.255 e. The maximum atomic E-state index is 12.8. The smallest absolute Gasteiger partial charge is 0.255 e. The van der Waals surface area contributed by atoms with Crippen LogP contribution >= 0.6 is 11.6 Å². The summed E-state index contributed by atoms with van der Waals surface area (Å²) >= 11 is 6.46. The molecule has 8 heteroatoms. The lowest BCUT2D eigenvalue weighted by molar-refractivity contribution is 0.242. The van der Waals surface area contributed by atoms with E-state index in [-0.39, 0.29) is 5.56 Å². The van der Waals surface area contributed by atoms with E-state index in [2.05, 4.69) is 19.9 Å². The number of rotatable bonds is 4. The van der Waals surface area contributed by atoms with Gasteiger partial charge in [0.05, 0.1) is 23.9 Å². The van der Waals surface area contributed by atoms with Gasteiger partial charge in [-0.25, -0.2) is 9.97 Å². The highest BCUT2D eigenvalue weighted by atomic mass is 35.5. The van der Waals surface area contributed by atoms with Gasteiger partial charge in [-0.05, 0) is 36.4 Å². The average molecular weight is 434 g/mol.